The lowest BCUT2D eigenvalue weighted by molar-refractivity contribution is -0.132. The van der Waals surface area contributed by atoms with Crippen molar-refractivity contribution in [1.82, 2.24) is 9.97 Å². The Bertz CT molecular complexity index is 575. The van der Waals surface area contributed by atoms with Crippen molar-refractivity contribution < 1.29 is 38.9 Å². The van der Waals surface area contributed by atoms with E-state index in [2.05, 4.69) is 19.2 Å². The summed E-state index contributed by atoms with van der Waals surface area (Å²) in [7, 11) is -4.64. The molecule has 1 saturated heterocycles. The fraction of sp³-hybridized carbons (Fsp3) is 0.556. The van der Waals surface area contributed by atoms with Gasteiger partial charge in [0.25, 0.3) is 0 Å². The minimum atomic E-state index is -4.64. The lowest BCUT2D eigenvalue weighted by Gasteiger charge is -2.14. The first-order valence-corrected chi connectivity index (χ1v) is 7.34. The third-order valence-electron chi connectivity index (χ3n) is 2.44. The molecule has 8 N–H and O–H groups in total. The Morgan fingerprint density at radius 3 is 2.36 bits per heavy atom. The van der Waals surface area contributed by atoms with Crippen LogP contribution in [0.15, 0.2) is 17.1 Å². The van der Waals surface area contributed by atoms with Crippen molar-refractivity contribution in [2.24, 2.45) is 0 Å². The molecule has 1 aromatic heterocycles. The van der Waals surface area contributed by atoms with Gasteiger partial charge in [0.2, 0.25) is 0 Å². The molecule has 0 aliphatic carbocycles. The molecule has 12 nitrogen and oxygen atoms in total. The first kappa shape index (κ1) is 18.7. The molecule has 0 amide bonds. The van der Waals surface area contributed by atoms with Gasteiger partial charge in [-0.2, -0.15) is 4.98 Å². The van der Waals surface area contributed by atoms with Gasteiger partial charge in [0.1, 0.15) is 24.1 Å². The standard InChI is InChI=1S/C5H11O8P.C4H5N3O/c6-3-2(1-12-14(9,10)11)13-5(8)4(3)7;5-3-1-2-6-4(8)7-3/h2-8H,1H2,(H2,9,10,11);1-2H,(H3,5,6,7,8)/t2-,3-,4+,5-;/m1./s1. The molecule has 0 radical (unpaired) electrons. The number of nitrogens with zero attached hydrogens (tertiary/aromatic N) is 1. The smallest absolute Gasteiger partial charge is 0.387 e. The molecule has 4 atom stereocenters. The highest BCUT2D eigenvalue weighted by Crippen LogP contribution is 2.36. The predicted molar refractivity (Wildman–Crippen MR) is 70.2 cm³/mol. The van der Waals surface area contributed by atoms with Crippen LogP contribution in [-0.2, 0) is 13.8 Å². The van der Waals surface area contributed by atoms with Crippen LogP contribution in [-0.4, -0.2) is 66.3 Å². The number of phosphoric ester groups is 1. The summed E-state index contributed by atoms with van der Waals surface area (Å²) in [5, 5.41) is 27.0. The molecule has 0 unspecified atom stereocenters. The summed E-state index contributed by atoms with van der Waals surface area (Å²) in [4.78, 5) is 32.6. The second-order valence-corrected chi connectivity index (χ2v) is 5.39. The minimum Gasteiger partial charge on any atom is -0.387 e. The summed E-state index contributed by atoms with van der Waals surface area (Å²) in [5.41, 5.74) is 4.72. The number of nitrogen functional groups attached to an aromatic ring is 1. The zero-order valence-electron chi connectivity index (χ0n) is 11.0. The van der Waals surface area contributed by atoms with Crippen molar-refractivity contribution in [3.05, 3.63) is 22.7 Å². The molecule has 0 bridgehead atoms. The number of nitrogens with two attached hydrogens (primary N) is 1. The molecule has 2 heterocycles. The molecule has 1 aliphatic rings. The van der Waals surface area contributed by atoms with Gasteiger partial charge >= 0.3 is 13.5 Å². The van der Waals surface area contributed by atoms with Crippen molar-refractivity contribution >= 4 is 13.6 Å². The third kappa shape index (κ3) is 6.17. The van der Waals surface area contributed by atoms with E-state index in [9.17, 15) is 9.36 Å². The normalized spacial score (nSPS) is 28.0. The molecule has 2 rings (SSSR count). The van der Waals surface area contributed by atoms with Gasteiger partial charge in [-0.15, -0.1) is 0 Å². The first-order valence-electron chi connectivity index (χ1n) is 5.81. The van der Waals surface area contributed by atoms with Gasteiger partial charge in [-0.25, -0.2) is 9.36 Å². The highest BCUT2D eigenvalue weighted by Gasteiger charge is 2.42. The van der Waals surface area contributed by atoms with E-state index in [4.69, 9.17) is 30.8 Å². The second kappa shape index (κ2) is 7.76. The maximum atomic E-state index is 10.3. The molecule has 1 fully saturated rings. The van der Waals surface area contributed by atoms with E-state index in [0.29, 0.717) is 0 Å². The van der Waals surface area contributed by atoms with E-state index in [1.54, 1.807) is 0 Å². The van der Waals surface area contributed by atoms with Crippen LogP contribution in [0, 0.1) is 0 Å². The van der Waals surface area contributed by atoms with Gasteiger partial charge in [-0.3, -0.25) is 4.52 Å². The van der Waals surface area contributed by atoms with Gasteiger partial charge in [-0.05, 0) is 6.07 Å². The van der Waals surface area contributed by atoms with Gasteiger partial charge < -0.3 is 40.6 Å². The number of nitrogens with one attached hydrogen (secondary N) is 1. The average molecular weight is 341 g/mol. The molecular formula is C9H16N3O9P. The quantitative estimate of drug-likeness (QED) is 0.273. The van der Waals surface area contributed by atoms with Crippen molar-refractivity contribution in [1.29, 1.82) is 0 Å². The van der Waals surface area contributed by atoms with Gasteiger partial charge in [-0.1, -0.05) is 0 Å². The summed E-state index contributed by atoms with van der Waals surface area (Å²) < 4.78 is 18.9. The summed E-state index contributed by atoms with van der Waals surface area (Å²) >= 11 is 0. The zero-order chi connectivity index (χ0) is 16.9. The Kier molecular flexibility index (Phi) is 6.59. The maximum Gasteiger partial charge on any atom is 0.469 e. The van der Waals surface area contributed by atoms with Crippen molar-refractivity contribution in [2.45, 2.75) is 24.6 Å². The number of hydrogen-bond donors (Lipinski definition) is 7. The van der Waals surface area contributed by atoms with Crippen LogP contribution in [0.2, 0.25) is 0 Å². The predicted octanol–water partition coefficient (Wildman–Crippen LogP) is -3.11. The maximum absolute atomic E-state index is 10.3. The van der Waals surface area contributed by atoms with Gasteiger partial charge in [0.15, 0.2) is 6.29 Å². The number of anilines is 1. The Balaban J connectivity index is 0.000000255. The van der Waals surface area contributed by atoms with E-state index in [-0.39, 0.29) is 5.82 Å². The van der Waals surface area contributed by atoms with Crippen molar-refractivity contribution in [2.75, 3.05) is 12.3 Å². The Morgan fingerprint density at radius 1 is 1.36 bits per heavy atom. The third-order valence-corrected chi connectivity index (χ3v) is 2.92. The van der Waals surface area contributed by atoms with E-state index in [1.807, 2.05) is 0 Å². The number of aliphatic hydroxyl groups excluding tert-OH is 3. The molecule has 0 aromatic carbocycles. The fourth-order valence-corrected chi connectivity index (χ4v) is 1.76. The minimum absolute atomic E-state index is 0.244. The summed E-state index contributed by atoms with van der Waals surface area (Å²) in [6.07, 6.45) is -4.22. The number of rotatable bonds is 3. The molecule has 0 spiro atoms. The molecule has 0 saturated carbocycles. The second-order valence-electron chi connectivity index (χ2n) is 4.15. The number of H-pyrrole nitrogens is 1. The van der Waals surface area contributed by atoms with Crippen LogP contribution in [0.4, 0.5) is 5.82 Å². The molecule has 13 heteroatoms. The number of ether oxygens (including phenoxy) is 1. The van der Waals surface area contributed by atoms with Crippen LogP contribution < -0.4 is 11.4 Å². The summed E-state index contributed by atoms with van der Waals surface area (Å²) in [6.45, 7) is -0.612. The number of phosphoric acid groups is 1. The summed E-state index contributed by atoms with van der Waals surface area (Å²) in [5.74, 6) is 0.244. The molecule has 22 heavy (non-hydrogen) atoms. The number of aromatic amines is 1. The van der Waals surface area contributed by atoms with E-state index >= 15 is 0 Å². The fourth-order valence-electron chi connectivity index (χ4n) is 1.42. The van der Waals surface area contributed by atoms with Crippen LogP contribution in [0.3, 0.4) is 0 Å². The van der Waals surface area contributed by atoms with Crippen molar-refractivity contribution in [3.8, 4) is 0 Å². The van der Waals surface area contributed by atoms with Crippen molar-refractivity contribution in [3.63, 3.8) is 0 Å². The van der Waals surface area contributed by atoms with Crippen LogP contribution in [0.1, 0.15) is 0 Å². The van der Waals surface area contributed by atoms with Crippen LogP contribution in [0.5, 0.6) is 0 Å². The summed E-state index contributed by atoms with van der Waals surface area (Å²) in [6, 6.07) is 1.52. The molecule has 126 valence electrons. The highest BCUT2D eigenvalue weighted by molar-refractivity contribution is 7.46. The van der Waals surface area contributed by atoms with Gasteiger partial charge in [0, 0.05) is 6.20 Å². The van der Waals surface area contributed by atoms with E-state index < -0.39 is 44.7 Å². The Morgan fingerprint density at radius 2 is 2.00 bits per heavy atom. The number of aromatic nitrogens is 2. The lowest BCUT2D eigenvalue weighted by atomic mass is 10.1. The Labute approximate surface area is 123 Å². The topological polar surface area (TPSA) is 208 Å². The largest absolute Gasteiger partial charge is 0.469 e. The average Bonchev–Trinajstić information content (AvgIpc) is 2.63. The monoisotopic (exact) mass is 341 g/mol. The lowest BCUT2D eigenvalue weighted by Crippen LogP contribution is -2.34. The highest BCUT2D eigenvalue weighted by atomic mass is 31.2. The van der Waals surface area contributed by atoms with Crippen LogP contribution in [0.25, 0.3) is 0 Å². The number of hydrogen-bond acceptors (Lipinski definition) is 9. The van der Waals surface area contributed by atoms with Crippen LogP contribution >= 0.6 is 7.82 Å². The molecular weight excluding hydrogens is 325 g/mol. The first-order chi connectivity index (χ1) is 10.1. The van der Waals surface area contributed by atoms with Gasteiger partial charge in [0.05, 0.1) is 6.61 Å². The molecule has 1 aromatic rings. The molecule has 1 aliphatic heterocycles. The van der Waals surface area contributed by atoms with E-state index in [1.165, 1.54) is 12.3 Å². The van der Waals surface area contributed by atoms with E-state index in [0.717, 1.165) is 0 Å². The Hall–Kier alpha value is -1.37. The number of aliphatic hydroxyl groups is 3. The zero-order valence-corrected chi connectivity index (χ0v) is 11.9. The SMILES string of the molecule is Nc1cc[nH]c(=O)n1.O=P(O)(O)OC[C@H]1O[C@@H](O)[C@@H](O)[C@@H]1O.